The van der Waals surface area contributed by atoms with Gasteiger partial charge in [-0.1, -0.05) is 149 Å². The van der Waals surface area contributed by atoms with E-state index in [9.17, 15) is 14.7 Å². The lowest BCUT2D eigenvalue weighted by molar-refractivity contribution is -0.145. The molecule has 1 fully saturated rings. The fourth-order valence-corrected chi connectivity index (χ4v) is 7.60. The molecule has 51 heavy (non-hydrogen) atoms. The fourth-order valence-electron chi connectivity index (χ4n) is 7.60. The third-order valence-electron chi connectivity index (χ3n) is 11.4. The Morgan fingerprint density at radius 3 is 1.61 bits per heavy atom. The van der Waals surface area contributed by atoms with Crippen LogP contribution in [0, 0.1) is 11.3 Å². The van der Waals surface area contributed by atoms with E-state index in [1.165, 1.54) is 148 Å². The van der Waals surface area contributed by atoms with E-state index in [4.69, 9.17) is 9.47 Å². The minimum Gasteiger partial charge on any atom is -0.466 e. The number of rotatable bonds is 40. The molecule has 0 spiro atoms. The molecule has 0 unspecified atom stereocenters. The molecular formula is C45H87NO5. The Bertz CT molecular complexity index is 771. The van der Waals surface area contributed by atoms with Gasteiger partial charge in [-0.05, 0) is 88.6 Å². The van der Waals surface area contributed by atoms with Crippen molar-refractivity contribution in [2.45, 2.75) is 226 Å². The Labute approximate surface area is 317 Å². The van der Waals surface area contributed by atoms with E-state index < -0.39 is 0 Å². The summed E-state index contributed by atoms with van der Waals surface area (Å²) in [4.78, 5) is 27.2. The quantitative estimate of drug-likeness (QED) is 0.0501. The number of nitrogens with zero attached hydrogens (tertiary/aromatic N) is 1. The molecule has 1 aliphatic carbocycles. The average Bonchev–Trinajstić information content (AvgIpc) is 3.91. The Morgan fingerprint density at radius 2 is 1.04 bits per heavy atom. The maximum atomic E-state index is 12.5. The van der Waals surface area contributed by atoms with Gasteiger partial charge in [0.05, 0.1) is 19.8 Å². The van der Waals surface area contributed by atoms with E-state index >= 15 is 0 Å². The molecule has 0 aromatic carbocycles. The standard InChI is InChI=1S/C45H87NO5/c1-4-7-10-13-14-20-27-40-50-44(49)31-33-45(34-35-45)32-24-26-37-46(38-39-47)36-25-19-15-18-23-30-43(48)51-41-42(28-21-16-11-8-5-2)29-22-17-12-9-6-3/h42,47H,4-41H2,1-3H3. The Kier molecular flexibility index (Phi) is 32.5. The van der Waals surface area contributed by atoms with Crippen molar-refractivity contribution in [3.8, 4) is 0 Å². The monoisotopic (exact) mass is 722 g/mol. The molecule has 0 amide bonds. The molecule has 0 aromatic rings. The smallest absolute Gasteiger partial charge is 0.305 e. The summed E-state index contributed by atoms with van der Waals surface area (Å²) in [6.45, 7) is 11.0. The predicted molar refractivity (Wildman–Crippen MR) is 216 cm³/mol. The topological polar surface area (TPSA) is 76.1 Å². The summed E-state index contributed by atoms with van der Waals surface area (Å²) < 4.78 is 11.3. The van der Waals surface area contributed by atoms with Crippen molar-refractivity contribution in [1.29, 1.82) is 0 Å². The van der Waals surface area contributed by atoms with Gasteiger partial charge in [-0.25, -0.2) is 0 Å². The van der Waals surface area contributed by atoms with E-state index in [1.807, 2.05) is 0 Å². The van der Waals surface area contributed by atoms with E-state index in [0.29, 0.717) is 37.4 Å². The van der Waals surface area contributed by atoms with Crippen LogP contribution < -0.4 is 0 Å². The number of hydrogen-bond donors (Lipinski definition) is 1. The van der Waals surface area contributed by atoms with Crippen LogP contribution in [0.2, 0.25) is 0 Å². The summed E-state index contributed by atoms with van der Waals surface area (Å²) in [5.41, 5.74) is 0.385. The van der Waals surface area contributed by atoms with Crippen LogP contribution in [0.4, 0.5) is 0 Å². The first-order valence-corrected chi connectivity index (χ1v) is 22.6. The Morgan fingerprint density at radius 1 is 0.549 bits per heavy atom. The van der Waals surface area contributed by atoms with Crippen molar-refractivity contribution in [3.63, 3.8) is 0 Å². The third kappa shape index (κ3) is 29.9. The lowest BCUT2D eigenvalue weighted by Gasteiger charge is -2.22. The number of unbranched alkanes of at least 4 members (excludes halogenated alkanes) is 19. The number of esters is 2. The van der Waals surface area contributed by atoms with Crippen LogP contribution in [0.25, 0.3) is 0 Å². The first-order chi connectivity index (χ1) is 25.0. The highest BCUT2D eigenvalue weighted by atomic mass is 16.5. The van der Waals surface area contributed by atoms with E-state index in [2.05, 4.69) is 25.7 Å². The van der Waals surface area contributed by atoms with Gasteiger partial charge in [0.25, 0.3) is 0 Å². The molecule has 0 aliphatic heterocycles. The molecule has 1 saturated carbocycles. The van der Waals surface area contributed by atoms with Crippen molar-refractivity contribution in [2.24, 2.45) is 11.3 Å². The normalized spacial score (nSPS) is 13.7. The number of hydrogen-bond acceptors (Lipinski definition) is 6. The maximum Gasteiger partial charge on any atom is 0.305 e. The van der Waals surface area contributed by atoms with Gasteiger partial charge in [0, 0.05) is 19.4 Å². The molecule has 6 nitrogen and oxygen atoms in total. The van der Waals surface area contributed by atoms with Crippen LogP contribution in [0.3, 0.4) is 0 Å². The lowest BCUT2D eigenvalue weighted by atomic mass is 9.93. The highest BCUT2D eigenvalue weighted by Gasteiger charge is 2.41. The largest absolute Gasteiger partial charge is 0.466 e. The Balaban J connectivity index is 2.11. The second-order valence-corrected chi connectivity index (χ2v) is 16.3. The van der Waals surface area contributed by atoms with E-state index in [1.54, 1.807) is 0 Å². The first kappa shape index (κ1) is 47.9. The summed E-state index contributed by atoms with van der Waals surface area (Å²) in [7, 11) is 0. The molecule has 0 aromatic heterocycles. The fraction of sp³-hybridized carbons (Fsp3) is 0.956. The third-order valence-corrected chi connectivity index (χ3v) is 11.4. The number of carbonyl (C=O) groups is 2. The molecule has 1 N–H and O–H groups in total. The summed E-state index contributed by atoms with van der Waals surface area (Å²) in [6.07, 6.45) is 37.9. The Hall–Kier alpha value is -1.14. The van der Waals surface area contributed by atoms with Crippen molar-refractivity contribution in [2.75, 3.05) is 39.5 Å². The average molecular weight is 722 g/mol. The van der Waals surface area contributed by atoms with Crippen LogP contribution in [-0.2, 0) is 19.1 Å². The van der Waals surface area contributed by atoms with Crippen LogP contribution in [-0.4, -0.2) is 61.4 Å². The van der Waals surface area contributed by atoms with Gasteiger partial charge in [-0.2, -0.15) is 0 Å². The second-order valence-electron chi connectivity index (χ2n) is 16.3. The van der Waals surface area contributed by atoms with Crippen LogP contribution in [0.15, 0.2) is 0 Å². The van der Waals surface area contributed by atoms with Crippen LogP contribution in [0.5, 0.6) is 0 Å². The molecule has 0 bridgehead atoms. The van der Waals surface area contributed by atoms with Crippen molar-refractivity contribution >= 4 is 11.9 Å². The molecule has 1 rings (SSSR count). The highest BCUT2D eigenvalue weighted by molar-refractivity contribution is 5.69. The van der Waals surface area contributed by atoms with E-state index in [0.717, 1.165) is 64.6 Å². The minimum absolute atomic E-state index is 0.00204. The summed E-state index contributed by atoms with van der Waals surface area (Å²) >= 11 is 0. The van der Waals surface area contributed by atoms with Gasteiger partial charge < -0.3 is 19.5 Å². The molecule has 0 radical (unpaired) electrons. The van der Waals surface area contributed by atoms with E-state index in [-0.39, 0.29) is 18.5 Å². The zero-order valence-electron chi connectivity index (χ0n) is 34.5. The van der Waals surface area contributed by atoms with Crippen LogP contribution in [0.1, 0.15) is 226 Å². The number of aliphatic hydroxyl groups excluding tert-OH is 1. The number of carbonyl (C=O) groups excluding carboxylic acids is 2. The molecular weight excluding hydrogens is 634 g/mol. The van der Waals surface area contributed by atoms with Crippen molar-refractivity contribution < 1.29 is 24.2 Å². The van der Waals surface area contributed by atoms with Crippen molar-refractivity contribution in [1.82, 2.24) is 4.90 Å². The van der Waals surface area contributed by atoms with Crippen molar-refractivity contribution in [3.05, 3.63) is 0 Å². The summed E-state index contributed by atoms with van der Waals surface area (Å²) in [5.74, 6) is 0.531. The molecule has 1 aliphatic rings. The van der Waals surface area contributed by atoms with Gasteiger partial charge in [0.15, 0.2) is 0 Å². The van der Waals surface area contributed by atoms with Gasteiger partial charge >= 0.3 is 11.9 Å². The highest BCUT2D eigenvalue weighted by Crippen LogP contribution is 2.53. The van der Waals surface area contributed by atoms with Gasteiger partial charge in [-0.15, -0.1) is 0 Å². The minimum atomic E-state index is -0.00272. The summed E-state index contributed by atoms with van der Waals surface area (Å²) in [5, 5.41) is 9.61. The number of ether oxygens (including phenoxy) is 2. The predicted octanol–water partition coefficient (Wildman–Crippen LogP) is 12.5. The summed E-state index contributed by atoms with van der Waals surface area (Å²) in [6, 6.07) is 0. The molecule has 0 atom stereocenters. The molecule has 0 heterocycles. The van der Waals surface area contributed by atoms with Gasteiger partial charge in [0.1, 0.15) is 0 Å². The zero-order chi connectivity index (χ0) is 37.1. The second kappa shape index (κ2) is 34.6. The first-order valence-electron chi connectivity index (χ1n) is 22.6. The van der Waals surface area contributed by atoms with Gasteiger partial charge in [-0.3, -0.25) is 9.59 Å². The zero-order valence-corrected chi connectivity index (χ0v) is 34.5. The molecule has 302 valence electrons. The molecule has 6 heteroatoms. The lowest BCUT2D eigenvalue weighted by Crippen LogP contribution is -2.29. The van der Waals surface area contributed by atoms with Crippen LogP contribution >= 0.6 is 0 Å². The molecule has 0 saturated heterocycles. The van der Waals surface area contributed by atoms with Gasteiger partial charge in [0.2, 0.25) is 0 Å². The SMILES string of the molecule is CCCCCCCCCOC(=O)CCC1(CCCCN(CCO)CCCCCCCC(=O)OCC(CCCCCCC)CCCCCCC)CC1. The maximum absolute atomic E-state index is 12.5. The number of aliphatic hydroxyl groups is 1.